The third-order valence-electron chi connectivity index (χ3n) is 5.13. The summed E-state index contributed by atoms with van der Waals surface area (Å²) in [6.07, 6.45) is 6.62. The molecule has 1 atom stereocenters. The van der Waals surface area contributed by atoms with Crippen LogP contribution in [0.5, 0.6) is 0 Å². The fraction of sp³-hybridized carbons (Fsp3) is 0.708. The van der Waals surface area contributed by atoms with Crippen LogP contribution < -0.4 is 0 Å². The topological polar surface area (TPSA) is 49.8 Å². The number of carboxylic acids is 1. The van der Waals surface area contributed by atoms with Gasteiger partial charge in [0.05, 0.1) is 11.3 Å². The van der Waals surface area contributed by atoms with Gasteiger partial charge in [-0.15, -0.1) is 0 Å². The molecule has 1 saturated carbocycles. The molecule has 1 rings (SSSR count). The van der Waals surface area contributed by atoms with E-state index in [1.165, 1.54) is 12.8 Å². The zero-order valence-electron chi connectivity index (χ0n) is 19.8. The van der Waals surface area contributed by atoms with Crippen molar-refractivity contribution in [1.82, 2.24) is 4.67 Å². The fourth-order valence-electron chi connectivity index (χ4n) is 3.47. The number of rotatable bonds is 7. The van der Waals surface area contributed by atoms with Gasteiger partial charge in [0.2, 0.25) is 0 Å². The molecule has 1 N–H and O–H groups in total. The molecule has 29 heavy (non-hydrogen) atoms. The van der Waals surface area contributed by atoms with E-state index in [-0.39, 0.29) is 11.5 Å². The molecule has 0 saturated heterocycles. The smallest absolute Gasteiger partial charge is 0.333 e. The molecule has 0 aromatic rings. The minimum absolute atomic E-state index is 0.101. The second-order valence-electron chi connectivity index (χ2n) is 9.48. The van der Waals surface area contributed by atoms with Crippen molar-refractivity contribution in [2.45, 2.75) is 92.8 Å². The lowest BCUT2D eigenvalue weighted by Crippen LogP contribution is -2.32. The van der Waals surface area contributed by atoms with Gasteiger partial charge in [-0.05, 0) is 86.1 Å². The Labute approximate surface area is 179 Å². The van der Waals surface area contributed by atoms with Gasteiger partial charge < -0.3 is 14.3 Å². The van der Waals surface area contributed by atoms with Crippen LogP contribution in [0.3, 0.4) is 0 Å². The molecule has 1 fully saturated rings. The van der Waals surface area contributed by atoms with Crippen LogP contribution in [0.25, 0.3) is 0 Å². The first-order chi connectivity index (χ1) is 13.4. The summed E-state index contributed by atoms with van der Waals surface area (Å²) in [5.74, 6) is 6.31. The van der Waals surface area contributed by atoms with Crippen molar-refractivity contribution in [3.8, 4) is 11.8 Å². The third-order valence-corrected chi connectivity index (χ3v) is 7.74. The van der Waals surface area contributed by atoms with E-state index in [1.54, 1.807) is 14.0 Å². The molecule has 1 unspecified atom stereocenters. The Balaban J connectivity index is 3.42. The lowest BCUT2D eigenvalue weighted by atomic mass is 9.91. The molecule has 164 valence electrons. The number of aliphatic carboxylic acids is 1. The number of nitrogens with zero attached hydrogens (tertiary/aromatic N) is 1. The second kappa shape index (κ2) is 11.2. The van der Waals surface area contributed by atoms with Crippen molar-refractivity contribution in [3.05, 3.63) is 22.9 Å². The predicted molar refractivity (Wildman–Crippen MR) is 124 cm³/mol. The Bertz CT molecular complexity index is 683. The molecular weight excluding hydrogens is 381 g/mol. The Morgan fingerprint density at radius 3 is 2.17 bits per heavy atom. The Morgan fingerprint density at radius 1 is 1.21 bits per heavy atom. The van der Waals surface area contributed by atoms with Crippen LogP contribution in [0.1, 0.15) is 81.1 Å². The number of carboxylic acid groups (broad SMARTS) is 1. The Morgan fingerprint density at radius 2 is 1.76 bits per heavy atom. The summed E-state index contributed by atoms with van der Waals surface area (Å²) >= 11 is 0. The minimum Gasteiger partial charge on any atom is -0.478 e. The van der Waals surface area contributed by atoms with Crippen molar-refractivity contribution in [2.75, 3.05) is 7.11 Å². The van der Waals surface area contributed by atoms with Gasteiger partial charge in [-0.1, -0.05) is 18.8 Å². The summed E-state index contributed by atoms with van der Waals surface area (Å²) in [6.45, 7) is 16.4. The molecule has 0 aromatic carbocycles. The van der Waals surface area contributed by atoms with E-state index >= 15 is 0 Å². The molecule has 5 heteroatoms. The summed E-state index contributed by atoms with van der Waals surface area (Å²) in [4.78, 5) is 11.9. The van der Waals surface area contributed by atoms with Gasteiger partial charge in [0.25, 0.3) is 0 Å². The van der Waals surface area contributed by atoms with Crippen LogP contribution >= 0.6 is 8.30 Å². The highest BCUT2D eigenvalue weighted by Crippen LogP contribution is 2.55. The highest BCUT2D eigenvalue weighted by Gasteiger charge is 2.34. The van der Waals surface area contributed by atoms with Gasteiger partial charge in [-0.2, -0.15) is 0 Å². The molecule has 4 nitrogen and oxygen atoms in total. The van der Waals surface area contributed by atoms with Crippen molar-refractivity contribution >= 4 is 14.3 Å². The van der Waals surface area contributed by atoms with E-state index in [0.717, 1.165) is 30.0 Å². The minimum atomic E-state index is -0.938. The molecule has 0 heterocycles. The van der Waals surface area contributed by atoms with Crippen LogP contribution in [-0.4, -0.2) is 34.6 Å². The summed E-state index contributed by atoms with van der Waals surface area (Å²) in [5, 5.41) is 9.77. The van der Waals surface area contributed by atoms with Gasteiger partial charge in [0, 0.05) is 29.8 Å². The molecule has 0 spiro atoms. The van der Waals surface area contributed by atoms with Crippen molar-refractivity contribution in [3.63, 3.8) is 0 Å². The average Bonchev–Trinajstić information content (AvgIpc) is 2.62. The van der Waals surface area contributed by atoms with Gasteiger partial charge in [0.15, 0.2) is 0 Å². The molecular formula is C24H40NO3P. The zero-order chi connectivity index (χ0) is 22.4. The van der Waals surface area contributed by atoms with E-state index < -0.39 is 14.3 Å². The molecule has 0 aliphatic heterocycles. The molecule has 0 radical (unpaired) electrons. The Hall–Kier alpha value is -1.30. The van der Waals surface area contributed by atoms with E-state index in [1.807, 2.05) is 13.0 Å². The van der Waals surface area contributed by atoms with E-state index in [2.05, 4.69) is 58.1 Å². The quantitative estimate of drug-likeness (QED) is 0.218. The maximum absolute atomic E-state index is 11.9. The Kier molecular flexibility index (Phi) is 9.93. The van der Waals surface area contributed by atoms with Gasteiger partial charge in [-0.3, -0.25) is 0 Å². The fourth-order valence-corrected chi connectivity index (χ4v) is 5.91. The van der Waals surface area contributed by atoms with Crippen LogP contribution in [0.15, 0.2) is 22.9 Å². The highest BCUT2D eigenvalue weighted by molar-refractivity contribution is 7.51. The summed E-state index contributed by atoms with van der Waals surface area (Å²) in [6, 6.07) is 0.129. The molecule has 0 aromatic heterocycles. The first kappa shape index (κ1) is 25.7. The van der Waals surface area contributed by atoms with Crippen molar-refractivity contribution < 1.29 is 14.4 Å². The lowest BCUT2D eigenvalue weighted by Gasteiger charge is -2.42. The maximum Gasteiger partial charge on any atom is 0.333 e. The summed E-state index contributed by atoms with van der Waals surface area (Å²) in [5.41, 5.74) is 2.28. The standard InChI is InChI=1S/C24H40NO3P/c1-17(2)25(29(28-9)21-12-10-18(3)11-13-21)22(20(5)23(26)27)16-19(4)14-15-24(6,7)8/h16-18,21H,10-13H2,1-9H3,(H,26,27)/b19-16+,22-20-. The van der Waals surface area contributed by atoms with Crippen molar-refractivity contribution in [1.29, 1.82) is 0 Å². The largest absolute Gasteiger partial charge is 0.478 e. The lowest BCUT2D eigenvalue weighted by molar-refractivity contribution is -0.132. The second-order valence-corrected chi connectivity index (χ2v) is 11.6. The molecule has 0 bridgehead atoms. The van der Waals surface area contributed by atoms with Gasteiger partial charge >= 0.3 is 5.97 Å². The van der Waals surface area contributed by atoms with E-state index in [9.17, 15) is 9.90 Å². The number of hydrogen-bond donors (Lipinski definition) is 1. The normalized spacial score (nSPS) is 22.5. The molecule has 1 aliphatic carbocycles. The summed E-state index contributed by atoms with van der Waals surface area (Å²) in [7, 11) is 0.828. The summed E-state index contributed by atoms with van der Waals surface area (Å²) < 4.78 is 8.26. The van der Waals surface area contributed by atoms with E-state index in [0.29, 0.717) is 11.2 Å². The molecule has 1 aliphatic rings. The van der Waals surface area contributed by atoms with Gasteiger partial charge in [-0.25, -0.2) is 4.79 Å². The van der Waals surface area contributed by atoms with E-state index in [4.69, 9.17) is 4.52 Å². The number of allylic oxidation sites excluding steroid dienone is 2. The third kappa shape index (κ3) is 8.15. The van der Waals surface area contributed by atoms with Crippen LogP contribution in [0, 0.1) is 23.2 Å². The monoisotopic (exact) mass is 421 g/mol. The number of carbonyl (C=O) groups is 1. The van der Waals surface area contributed by atoms with Gasteiger partial charge in [0.1, 0.15) is 8.30 Å². The maximum atomic E-state index is 11.9. The van der Waals surface area contributed by atoms with Crippen LogP contribution in [0.4, 0.5) is 0 Å². The van der Waals surface area contributed by atoms with Crippen LogP contribution in [0.2, 0.25) is 0 Å². The first-order valence-corrected chi connectivity index (χ1v) is 11.9. The van der Waals surface area contributed by atoms with Crippen LogP contribution in [-0.2, 0) is 9.32 Å². The zero-order valence-corrected chi connectivity index (χ0v) is 20.7. The predicted octanol–water partition coefficient (Wildman–Crippen LogP) is 6.59. The van der Waals surface area contributed by atoms with Crippen molar-refractivity contribution in [2.24, 2.45) is 11.3 Å². The average molecular weight is 422 g/mol. The highest BCUT2D eigenvalue weighted by atomic mass is 31.2. The first-order valence-electron chi connectivity index (χ1n) is 10.7. The SMILES string of the molecule is COP(C1CCC(C)CC1)N(C(/C=C(\C)C#CC(C)(C)C)=C(/C)C(=O)O)C(C)C. The number of hydrogen-bond acceptors (Lipinski definition) is 3. The molecule has 0 amide bonds.